The van der Waals surface area contributed by atoms with E-state index in [4.69, 9.17) is 5.73 Å². The fourth-order valence-corrected chi connectivity index (χ4v) is 1.89. The minimum Gasteiger partial charge on any atom is -0.327 e. The van der Waals surface area contributed by atoms with Crippen LogP contribution in [0.5, 0.6) is 0 Å². The first-order valence-electron chi connectivity index (χ1n) is 5.64. The van der Waals surface area contributed by atoms with Gasteiger partial charge in [-0.3, -0.25) is 19.5 Å². The van der Waals surface area contributed by atoms with Crippen LogP contribution in [-0.2, 0) is 16.0 Å². The Kier molecular flexibility index (Phi) is 3.49. The van der Waals surface area contributed by atoms with E-state index >= 15 is 0 Å². The largest absolute Gasteiger partial charge is 0.327 e. The summed E-state index contributed by atoms with van der Waals surface area (Å²) in [6.07, 6.45) is 4.45. The van der Waals surface area contributed by atoms with Gasteiger partial charge in [0.2, 0.25) is 11.8 Å². The molecule has 1 aliphatic rings. The zero-order valence-electron chi connectivity index (χ0n) is 9.50. The van der Waals surface area contributed by atoms with Crippen molar-refractivity contribution >= 4 is 11.8 Å². The lowest BCUT2D eigenvalue weighted by atomic mass is 10.0. The Labute approximate surface area is 99.6 Å². The number of rotatable bonds is 2. The minimum atomic E-state index is -0.171. The van der Waals surface area contributed by atoms with Crippen LogP contribution in [0.1, 0.15) is 18.4 Å². The zero-order chi connectivity index (χ0) is 12.3. The molecule has 1 saturated heterocycles. The van der Waals surface area contributed by atoms with Gasteiger partial charge in [0, 0.05) is 31.4 Å². The fraction of sp³-hybridized carbons (Fsp3) is 0.417. The number of hydrogen-bond acceptors (Lipinski definition) is 4. The summed E-state index contributed by atoms with van der Waals surface area (Å²) in [5.41, 5.74) is 6.49. The van der Waals surface area contributed by atoms with Gasteiger partial charge < -0.3 is 5.73 Å². The summed E-state index contributed by atoms with van der Waals surface area (Å²) >= 11 is 0. The van der Waals surface area contributed by atoms with Crippen molar-refractivity contribution < 1.29 is 9.59 Å². The molecule has 0 bridgehead atoms. The summed E-state index contributed by atoms with van der Waals surface area (Å²) in [6.45, 7) is 0.430. The van der Waals surface area contributed by atoms with Crippen molar-refractivity contribution in [1.82, 2.24) is 9.88 Å². The van der Waals surface area contributed by atoms with Crippen molar-refractivity contribution in [3.05, 3.63) is 30.1 Å². The summed E-state index contributed by atoms with van der Waals surface area (Å²) < 4.78 is 0. The molecule has 2 heterocycles. The molecule has 1 fully saturated rings. The third-order valence-electron chi connectivity index (χ3n) is 2.84. The quantitative estimate of drug-likeness (QED) is 0.786. The first-order valence-corrected chi connectivity index (χ1v) is 5.64. The van der Waals surface area contributed by atoms with Gasteiger partial charge in [-0.2, -0.15) is 0 Å². The van der Waals surface area contributed by atoms with E-state index in [1.165, 1.54) is 4.90 Å². The molecule has 1 atom stereocenters. The normalized spacial score (nSPS) is 20.4. The number of likely N-dealkylation sites (tertiary alicyclic amines) is 1. The summed E-state index contributed by atoms with van der Waals surface area (Å²) in [7, 11) is 0. The molecule has 0 aliphatic carbocycles. The van der Waals surface area contributed by atoms with Crippen molar-refractivity contribution in [1.29, 1.82) is 0 Å². The van der Waals surface area contributed by atoms with Gasteiger partial charge in [0.1, 0.15) is 0 Å². The van der Waals surface area contributed by atoms with Crippen LogP contribution in [0.25, 0.3) is 0 Å². The van der Waals surface area contributed by atoms with Gasteiger partial charge in [-0.1, -0.05) is 6.07 Å². The molecule has 5 nitrogen and oxygen atoms in total. The Balaban J connectivity index is 1.99. The van der Waals surface area contributed by atoms with E-state index in [2.05, 4.69) is 4.98 Å². The molecule has 0 aromatic carbocycles. The Morgan fingerprint density at radius 2 is 2.41 bits per heavy atom. The van der Waals surface area contributed by atoms with E-state index in [9.17, 15) is 9.59 Å². The predicted octanol–water partition coefficient (Wildman–Crippen LogP) is 0.100. The maximum absolute atomic E-state index is 11.9. The highest BCUT2D eigenvalue weighted by molar-refractivity contribution is 5.96. The zero-order valence-corrected chi connectivity index (χ0v) is 9.50. The van der Waals surface area contributed by atoms with Crippen molar-refractivity contribution in [3.8, 4) is 0 Å². The molecule has 1 aromatic heterocycles. The lowest BCUT2D eigenvalue weighted by Gasteiger charge is -2.28. The number of nitrogens with two attached hydrogens (primary N) is 1. The van der Waals surface area contributed by atoms with Crippen LogP contribution in [0.15, 0.2) is 24.5 Å². The molecular formula is C12H15N3O2. The van der Waals surface area contributed by atoms with Gasteiger partial charge in [0.05, 0.1) is 6.42 Å². The Morgan fingerprint density at radius 3 is 3.06 bits per heavy atom. The first-order chi connectivity index (χ1) is 8.16. The standard InChI is InChI=1S/C12H15N3O2/c13-10-3-5-15(12(17)7-10)11(16)6-9-2-1-4-14-8-9/h1-2,4,8,10H,3,5-7,13H2. The van der Waals surface area contributed by atoms with Crippen molar-refractivity contribution in [2.24, 2.45) is 5.73 Å². The highest BCUT2D eigenvalue weighted by Gasteiger charge is 2.27. The van der Waals surface area contributed by atoms with Gasteiger partial charge in [0.25, 0.3) is 0 Å². The number of imide groups is 1. The second-order valence-electron chi connectivity index (χ2n) is 4.23. The van der Waals surface area contributed by atoms with Crippen molar-refractivity contribution in [2.75, 3.05) is 6.54 Å². The lowest BCUT2D eigenvalue weighted by Crippen LogP contribution is -2.47. The number of carbonyl (C=O) groups excluding carboxylic acids is 2. The number of aromatic nitrogens is 1. The molecule has 2 N–H and O–H groups in total. The maximum atomic E-state index is 11.9. The molecule has 0 spiro atoms. The third-order valence-corrected chi connectivity index (χ3v) is 2.84. The molecule has 90 valence electrons. The Morgan fingerprint density at radius 1 is 1.59 bits per heavy atom. The van der Waals surface area contributed by atoms with E-state index < -0.39 is 0 Å². The summed E-state index contributed by atoms with van der Waals surface area (Å²) in [6, 6.07) is 3.49. The number of hydrogen-bond donors (Lipinski definition) is 1. The Hall–Kier alpha value is -1.75. The van der Waals surface area contributed by atoms with Crippen molar-refractivity contribution in [3.63, 3.8) is 0 Å². The van der Waals surface area contributed by atoms with Crippen molar-refractivity contribution in [2.45, 2.75) is 25.3 Å². The average molecular weight is 233 g/mol. The smallest absolute Gasteiger partial charge is 0.233 e. The molecule has 0 saturated carbocycles. The summed E-state index contributed by atoms with van der Waals surface area (Å²) in [4.78, 5) is 28.8. The van der Waals surface area contributed by atoms with E-state index in [1.807, 2.05) is 6.07 Å². The van der Waals surface area contributed by atoms with Crippen LogP contribution in [0.2, 0.25) is 0 Å². The minimum absolute atomic E-state index is 0.107. The molecule has 17 heavy (non-hydrogen) atoms. The van der Waals surface area contributed by atoms with Crippen LogP contribution < -0.4 is 5.73 Å². The number of pyridine rings is 1. The monoisotopic (exact) mass is 233 g/mol. The van der Waals surface area contributed by atoms with Crippen LogP contribution in [-0.4, -0.2) is 34.3 Å². The lowest BCUT2D eigenvalue weighted by molar-refractivity contribution is -0.146. The Bertz CT molecular complexity index is 419. The van der Waals surface area contributed by atoms with Gasteiger partial charge >= 0.3 is 0 Å². The highest BCUT2D eigenvalue weighted by Crippen LogP contribution is 2.12. The fourth-order valence-electron chi connectivity index (χ4n) is 1.89. The van der Waals surface area contributed by atoms with Gasteiger partial charge in [-0.15, -0.1) is 0 Å². The first kappa shape index (κ1) is 11.7. The highest BCUT2D eigenvalue weighted by atomic mass is 16.2. The molecule has 1 unspecified atom stereocenters. The third kappa shape index (κ3) is 2.88. The number of amides is 2. The van der Waals surface area contributed by atoms with E-state index in [0.29, 0.717) is 13.0 Å². The van der Waals surface area contributed by atoms with Gasteiger partial charge in [-0.25, -0.2) is 0 Å². The van der Waals surface area contributed by atoms with Crippen LogP contribution in [0.3, 0.4) is 0 Å². The van der Waals surface area contributed by atoms with E-state index in [0.717, 1.165) is 5.56 Å². The van der Waals surface area contributed by atoms with Crippen LogP contribution >= 0.6 is 0 Å². The SMILES string of the molecule is NC1CCN(C(=O)Cc2cccnc2)C(=O)C1. The molecule has 1 aromatic rings. The topological polar surface area (TPSA) is 76.3 Å². The summed E-state index contributed by atoms with van der Waals surface area (Å²) in [5, 5.41) is 0. The van der Waals surface area contributed by atoms with Gasteiger partial charge in [-0.05, 0) is 18.1 Å². The average Bonchev–Trinajstić information content (AvgIpc) is 2.30. The summed E-state index contributed by atoms with van der Waals surface area (Å²) in [5.74, 6) is -0.340. The molecule has 1 aliphatic heterocycles. The maximum Gasteiger partial charge on any atom is 0.233 e. The molecule has 5 heteroatoms. The number of piperidine rings is 1. The van der Waals surface area contributed by atoms with Crippen LogP contribution in [0, 0.1) is 0 Å². The van der Waals surface area contributed by atoms with E-state index in [1.54, 1.807) is 18.5 Å². The predicted molar refractivity (Wildman–Crippen MR) is 61.9 cm³/mol. The second kappa shape index (κ2) is 5.05. The second-order valence-corrected chi connectivity index (χ2v) is 4.23. The van der Waals surface area contributed by atoms with Gasteiger partial charge in [0.15, 0.2) is 0 Å². The molecule has 2 amide bonds. The molecule has 0 radical (unpaired) electrons. The molecule has 2 rings (SSSR count). The number of carbonyl (C=O) groups is 2. The van der Waals surface area contributed by atoms with Crippen LogP contribution in [0.4, 0.5) is 0 Å². The van der Waals surface area contributed by atoms with E-state index in [-0.39, 0.29) is 30.7 Å². The number of nitrogens with zero attached hydrogens (tertiary/aromatic N) is 2. The molecular weight excluding hydrogens is 218 g/mol.